The Kier molecular flexibility index (Phi) is 54.2. The first-order chi connectivity index (χ1) is 33.0. The molecule has 0 saturated heterocycles. The third kappa shape index (κ3) is 54.4. The standard InChI is InChI=1S/C61H112O6/c1-4-7-10-13-16-19-22-23-24-25-26-27-28-29-30-31-32-33-34-35-36-37-40-42-45-48-51-54-60(63)66-57-58(67-61(64)55-52-49-46-43-39-21-18-15-12-9-6-3)56-65-59(62)53-50-47-44-41-38-20-17-14-11-8-5-2/h22-23,25-26,28-29,58H,4-21,24,27,30-57H2,1-3H3/b23-22-,26-25-,29-28-. The van der Waals surface area contributed by atoms with Gasteiger partial charge in [0.25, 0.3) is 0 Å². The molecule has 392 valence electrons. The second kappa shape index (κ2) is 56.2. The van der Waals surface area contributed by atoms with Crippen molar-refractivity contribution in [2.24, 2.45) is 0 Å². The lowest BCUT2D eigenvalue weighted by molar-refractivity contribution is -0.167. The number of unbranched alkanes of at least 4 members (excludes halogenated alkanes) is 37. The summed E-state index contributed by atoms with van der Waals surface area (Å²) in [4.78, 5) is 38.0. The summed E-state index contributed by atoms with van der Waals surface area (Å²) in [5, 5.41) is 0. The van der Waals surface area contributed by atoms with Gasteiger partial charge in [0.1, 0.15) is 13.2 Å². The zero-order chi connectivity index (χ0) is 48.6. The molecule has 0 bridgehead atoms. The molecule has 0 aliphatic carbocycles. The molecule has 6 heteroatoms. The maximum Gasteiger partial charge on any atom is 0.306 e. The van der Waals surface area contributed by atoms with Crippen molar-refractivity contribution in [3.05, 3.63) is 36.5 Å². The third-order valence-corrected chi connectivity index (χ3v) is 13.1. The molecule has 1 unspecified atom stereocenters. The number of ether oxygens (including phenoxy) is 3. The van der Waals surface area contributed by atoms with Crippen LogP contribution < -0.4 is 0 Å². The summed E-state index contributed by atoms with van der Waals surface area (Å²) in [5.41, 5.74) is 0. The molecule has 0 saturated carbocycles. The topological polar surface area (TPSA) is 78.9 Å². The predicted octanol–water partition coefficient (Wildman–Crippen LogP) is 19.7. The number of hydrogen-bond acceptors (Lipinski definition) is 6. The fourth-order valence-electron chi connectivity index (χ4n) is 8.69. The van der Waals surface area contributed by atoms with E-state index in [-0.39, 0.29) is 31.1 Å². The molecule has 0 aromatic rings. The predicted molar refractivity (Wildman–Crippen MR) is 289 cm³/mol. The summed E-state index contributed by atoms with van der Waals surface area (Å²) >= 11 is 0. The van der Waals surface area contributed by atoms with E-state index < -0.39 is 6.10 Å². The van der Waals surface area contributed by atoms with Crippen LogP contribution in [0.5, 0.6) is 0 Å². The maximum absolute atomic E-state index is 12.8. The molecule has 0 rings (SSSR count). The fourth-order valence-corrected chi connectivity index (χ4v) is 8.69. The summed E-state index contributed by atoms with van der Waals surface area (Å²) in [6, 6.07) is 0. The Labute approximate surface area is 416 Å². The van der Waals surface area contributed by atoms with Gasteiger partial charge < -0.3 is 14.2 Å². The first-order valence-electron chi connectivity index (χ1n) is 29.5. The molecule has 0 fully saturated rings. The molecular formula is C61H112O6. The van der Waals surface area contributed by atoms with Crippen molar-refractivity contribution in [1.29, 1.82) is 0 Å². The maximum atomic E-state index is 12.8. The zero-order valence-corrected chi connectivity index (χ0v) is 44.9. The minimum Gasteiger partial charge on any atom is -0.462 e. The average molecular weight is 942 g/mol. The Hall–Kier alpha value is -2.37. The molecule has 6 nitrogen and oxygen atoms in total. The summed E-state index contributed by atoms with van der Waals surface area (Å²) < 4.78 is 16.8. The van der Waals surface area contributed by atoms with Gasteiger partial charge in [0.15, 0.2) is 6.10 Å². The quantitative estimate of drug-likeness (QED) is 0.0262. The largest absolute Gasteiger partial charge is 0.462 e. The third-order valence-electron chi connectivity index (χ3n) is 13.1. The number of allylic oxidation sites excluding steroid dienone is 6. The van der Waals surface area contributed by atoms with E-state index in [1.54, 1.807) is 0 Å². The summed E-state index contributed by atoms with van der Waals surface area (Å²) in [7, 11) is 0. The smallest absolute Gasteiger partial charge is 0.306 e. The van der Waals surface area contributed by atoms with E-state index in [0.29, 0.717) is 19.3 Å². The molecular weight excluding hydrogens is 829 g/mol. The number of carbonyl (C=O) groups is 3. The first kappa shape index (κ1) is 64.6. The minimum absolute atomic E-state index is 0.0674. The molecule has 0 heterocycles. The van der Waals surface area contributed by atoms with Crippen LogP contribution >= 0.6 is 0 Å². The minimum atomic E-state index is -0.766. The van der Waals surface area contributed by atoms with Crippen LogP contribution in [0.2, 0.25) is 0 Å². The van der Waals surface area contributed by atoms with E-state index in [4.69, 9.17) is 14.2 Å². The van der Waals surface area contributed by atoms with Gasteiger partial charge in [-0.15, -0.1) is 0 Å². The Morgan fingerprint density at radius 2 is 0.537 bits per heavy atom. The molecule has 1 atom stereocenters. The number of rotatable bonds is 54. The van der Waals surface area contributed by atoms with E-state index in [0.717, 1.165) is 70.6 Å². The van der Waals surface area contributed by atoms with E-state index in [2.05, 4.69) is 57.2 Å². The van der Waals surface area contributed by atoms with Gasteiger partial charge in [-0.05, 0) is 57.8 Å². The molecule has 0 amide bonds. The lowest BCUT2D eigenvalue weighted by Gasteiger charge is -2.18. The highest BCUT2D eigenvalue weighted by atomic mass is 16.6. The first-order valence-corrected chi connectivity index (χ1v) is 29.5. The highest BCUT2D eigenvalue weighted by Crippen LogP contribution is 2.17. The van der Waals surface area contributed by atoms with Gasteiger partial charge in [-0.3, -0.25) is 14.4 Å². The van der Waals surface area contributed by atoms with Gasteiger partial charge >= 0.3 is 17.9 Å². The lowest BCUT2D eigenvalue weighted by Crippen LogP contribution is -2.30. The zero-order valence-electron chi connectivity index (χ0n) is 44.9. The summed E-state index contributed by atoms with van der Waals surface area (Å²) in [5.74, 6) is -0.855. The van der Waals surface area contributed by atoms with Crippen molar-refractivity contribution in [1.82, 2.24) is 0 Å². The highest BCUT2D eigenvalue weighted by Gasteiger charge is 2.19. The molecule has 0 aliphatic rings. The van der Waals surface area contributed by atoms with Crippen molar-refractivity contribution < 1.29 is 28.6 Å². The summed E-state index contributed by atoms with van der Waals surface area (Å²) in [6.45, 7) is 6.65. The normalized spacial score (nSPS) is 12.2. The van der Waals surface area contributed by atoms with Gasteiger partial charge in [-0.25, -0.2) is 0 Å². The number of carbonyl (C=O) groups excluding carboxylic acids is 3. The van der Waals surface area contributed by atoms with Crippen molar-refractivity contribution >= 4 is 17.9 Å². The molecule has 67 heavy (non-hydrogen) atoms. The molecule has 0 aromatic carbocycles. The Morgan fingerprint density at radius 3 is 0.836 bits per heavy atom. The van der Waals surface area contributed by atoms with Crippen LogP contribution in [0.25, 0.3) is 0 Å². The number of esters is 3. The van der Waals surface area contributed by atoms with Gasteiger partial charge in [0, 0.05) is 19.3 Å². The van der Waals surface area contributed by atoms with Crippen LogP contribution in [0.3, 0.4) is 0 Å². The monoisotopic (exact) mass is 941 g/mol. The molecule has 0 N–H and O–H groups in total. The Morgan fingerprint density at radius 1 is 0.299 bits per heavy atom. The summed E-state index contributed by atoms with van der Waals surface area (Å²) in [6.07, 6.45) is 67.2. The van der Waals surface area contributed by atoms with Crippen LogP contribution in [0.4, 0.5) is 0 Å². The van der Waals surface area contributed by atoms with Gasteiger partial charge in [-0.2, -0.15) is 0 Å². The highest BCUT2D eigenvalue weighted by molar-refractivity contribution is 5.71. The van der Waals surface area contributed by atoms with Gasteiger partial charge in [0.2, 0.25) is 0 Å². The molecule has 0 spiro atoms. The van der Waals surface area contributed by atoms with Crippen LogP contribution in [0, 0.1) is 0 Å². The lowest BCUT2D eigenvalue weighted by atomic mass is 10.0. The van der Waals surface area contributed by atoms with E-state index in [1.165, 1.54) is 205 Å². The fraction of sp³-hybridized carbons (Fsp3) is 0.852. The molecule has 0 radical (unpaired) electrons. The van der Waals surface area contributed by atoms with Crippen LogP contribution in [-0.4, -0.2) is 37.2 Å². The Balaban J connectivity index is 4.14. The Bertz CT molecular complexity index is 1130. The molecule has 0 aromatic heterocycles. The van der Waals surface area contributed by atoms with E-state index >= 15 is 0 Å². The number of hydrogen-bond donors (Lipinski definition) is 0. The van der Waals surface area contributed by atoms with Crippen LogP contribution in [0.1, 0.15) is 316 Å². The van der Waals surface area contributed by atoms with E-state index in [9.17, 15) is 14.4 Å². The van der Waals surface area contributed by atoms with Crippen LogP contribution in [-0.2, 0) is 28.6 Å². The van der Waals surface area contributed by atoms with Crippen molar-refractivity contribution in [2.75, 3.05) is 13.2 Å². The second-order valence-corrected chi connectivity index (χ2v) is 19.9. The van der Waals surface area contributed by atoms with Crippen molar-refractivity contribution in [2.45, 2.75) is 322 Å². The average Bonchev–Trinajstić information content (AvgIpc) is 3.33. The van der Waals surface area contributed by atoms with E-state index in [1.807, 2.05) is 0 Å². The van der Waals surface area contributed by atoms with Crippen LogP contribution in [0.15, 0.2) is 36.5 Å². The second-order valence-electron chi connectivity index (χ2n) is 19.9. The van der Waals surface area contributed by atoms with Gasteiger partial charge in [-0.1, -0.05) is 276 Å². The SMILES string of the molecule is CCCCCCC/C=C\C/C=C\C/C=C\CCCCCCCCCCCCCCC(=O)OCC(COC(=O)CCCCCCCCCCCCC)OC(=O)CCCCCCCCCCCCC. The van der Waals surface area contributed by atoms with Gasteiger partial charge in [0.05, 0.1) is 0 Å². The van der Waals surface area contributed by atoms with Crippen molar-refractivity contribution in [3.63, 3.8) is 0 Å². The van der Waals surface area contributed by atoms with Crippen molar-refractivity contribution in [3.8, 4) is 0 Å². The molecule has 0 aliphatic heterocycles.